The monoisotopic (exact) mass is 372 g/mol. The zero-order valence-electron chi connectivity index (χ0n) is 12.8. The van der Waals surface area contributed by atoms with Crippen LogP contribution in [0.15, 0.2) is 42.5 Å². The highest BCUT2D eigenvalue weighted by Gasteiger charge is 2.30. The summed E-state index contributed by atoms with van der Waals surface area (Å²) in [4.78, 5) is 22.3. The molecule has 2 aromatic carbocycles. The highest BCUT2D eigenvalue weighted by Crippen LogP contribution is 2.31. The third-order valence-electron chi connectivity index (χ3n) is 3.47. The van der Waals surface area contributed by atoms with Crippen LogP contribution in [0.3, 0.4) is 0 Å². The fraction of sp³-hybridized carbons (Fsp3) is 0.188. The van der Waals surface area contributed by atoms with Crippen LogP contribution in [-0.2, 0) is 6.18 Å². The Morgan fingerprint density at radius 2 is 1.92 bits per heavy atom. The van der Waals surface area contributed by atoms with Gasteiger partial charge in [0.05, 0.1) is 16.5 Å². The van der Waals surface area contributed by atoms with Gasteiger partial charge in [0.1, 0.15) is 5.02 Å². The molecule has 0 bridgehead atoms. The van der Waals surface area contributed by atoms with Crippen LogP contribution in [0.1, 0.15) is 34.5 Å². The summed E-state index contributed by atoms with van der Waals surface area (Å²) in [5.74, 6) is -0.662. The lowest BCUT2D eigenvalue weighted by molar-refractivity contribution is -0.384. The Kier molecular flexibility index (Phi) is 5.32. The smallest absolute Gasteiger partial charge is 0.346 e. The molecule has 0 radical (unpaired) electrons. The summed E-state index contributed by atoms with van der Waals surface area (Å²) in [6.07, 6.45) is -4.49. The minimum atomic E-state index is -4.49. The SMILES string of the molecule is CC(NC(=O)c1ccc(Cl)c([N+](=O)[O-])c1)c1cccc(C(F)(F)F)c1. The molecule has 0 fully saturated rings. The number of hydrogen-bond acceptors (Lipinski definition) is 3. The first kappa shape index (κ1) is 18.7. The number of carbonyl (C=O) groups excluding carboxylic acids is 1. The third-order valence-corrected chi connectivity index (χ3v) is 3.79. The molecule has 0 aliphatic carbocycles. The number of rotatable bonds is 4. The first-order valence-electron chi connectivity index (χ1n) is 7.01. The highest BCUT2D eigenvalue weighted by molar-refractivity contribution is 6.32. The van der Waals surface area contributed by atoms with Crippen LogP contribution in [0, 0.1) is 10.1 Å². The summed E-state index contributed by atoms with van der Waals surface area (Å²) < 4.78 is 38.3. The summed E-state index contributed by atoms with van der Waals surface area (Å²) >= 11 is 5.68. The lowest BCUT2D eigenvalue weighted by Crippen LogP contribution is -2.27. The van der Waals surface area contributed by atoms with Crippen molar-refractivity contribution in [3.05, 3.63) is 74.3 Å². The van der Waals surface area contributed by atoms with Gasteiger partial charge in [0.25, 0.3) is 11.6 Å². The largest absolute Gasteiger partial charge is 0.416 e. The van der Waals surface area contributed by atoms with Gasteiger partial charge in [-0.05, 0) is 36.8 Å². The number of benzene rings is 2. The van der Waals surface area contributed by atoms with Crippen LogP contribution < -0.4 is 5.32 Å². The fourth-order valence-electron chi connectivity index (χ4n) is 2.14. The number of nitrogens with one attached hydrogen (secondary N) is 1. The van der Waals surface area contributed by atoms with Gasteiger partial charge in [-0.2, -0.15) is 13.2 Å². The van der Waals surface area contributed by atoms with E-state index in [0.29, 0.717) is 0 Å². The number of amides is 1. The first-order valence-corrected chi connectivity index (χ1v) is 7.39. The maximum atomic E-state index is 12.8. The topological polar surface area (TPSA) is 72.2 Å². The molecule has 25 heavy (non-hydrogen) atoms. The summed E-state index contributed by atoms with van der Waals surface area (Å²) in [6, 6.07) is 7.35. The second-order valence-electron chi connectivity index (χ2n) is 5.24. The molecule has 0 heterocycles. The summed E-state index contributed by atoms with van der Waals surface area (Å²) in [5.41, 5.74) is -1.02. The molecule has 1 atom stereocenters. The van der Waals surface area contributed by atoms with E-state index in [2.05, 4.69) is 5.32 Å². The van der Waals surface area contributed by atoms with E-state index in [4.69, 9.17) is 11.6 Å². The Hall–Kier alpha value is -2.61. The maximum Gasteiger partial charge on any atom is 0.416 e. The molecule has 0 aliphatic rings. The number of nitro benzene ring substituents is 1. The molecule has 0 spiro atoms. The van der Waals surface area contributed by atoms with Crippen LogP contribution >= 0.6 is 11.6 Å². The summed E-state index contributed by atoms with van der Waals surface area (Å²) in [6.45, 7) is 1.51. The average Bonchev–Trinajstić information content (AvgIpc) is 2.54. The highest BCUT2D eigenvalue weighted by atomic mass is 35.5. The predicted molar refractivity (Wildman–Crippen MR) is 85.4 cm³/mol. The lowest BCUT2D eigenvalue weighted by atomic mass is 10.0. The van der Waals surface area contributed by atoms with Gasteiger partial charge in [-0.1, -0.05) is 23.7 Å². The second-order valence-corrected chi connectivity index (χ2v) is 5.65. The van der Waals surface area contributed by atoms with Gasteiger partial charge in [0.2, 0.25) is 0 Å². The van der Waals surface area contributed by atoms with E-state index < -0.39 is 34.3 Å². The molecule has 0 saturated carbocycles. The molecule has 5 nitrogen and oxygen atoms in total. The summed E-state index contributed by atoms with van der Waals surface area (Å²) in [7, 11) is 0. The minimum Gasteiger partial charge on any atom is -0.346 e. The maximum absolute atomic E-state index is 12.8. The van der Waals surface area contributed by atoms with Crippen molar-refractivity contribution in [3.8, 4) is 0 Å². The number of halogens is 4. The molecule has 1 unspecified atom stereocenters. The molecule has 9 heteroatoms. The van der Waals surface area contributed by atoms with Crippen LogP contribution in [-0.4, -0.2) is 10.8 Å². The van der Waals surface area contributed by atoms with Gasteiger partial charge in [-0.15, -0.1) is 0 Å². The van der Waals surface area contributed by atoms with Crippen LogP contribution in [0.2, 0.25) is 5.02 Å². The Morgan fingerprint density at radius 1 is 1.24 bits per heavy atom. The Labute approximate surface area is 145 Å². The van der Waals surface area contributed by atoms with Gasteiger partial charge in [-0.25, -0.2) is 0 Å². The van der Waals surface area contributed by atoms with Crippen molar-refractivity contribution < 1.29 is 22.9 Å². The van der Waals surface area contributed by atoms with Crippen molar-refractivity contribution >= 4 is 23.2 Å². The fourth-order valence-corrected chi connectivity index (χ4v) is 2.33. The van der Waals surface area contributed by atoms with E-state index in [1.54, 1.807) is 0 Å². The molecular weight excluding hydrogens is 361 g/mol. The molecule has 0 aromatic heterocycles. The molecular formula is C16H12ClF3N2O3. The van der Waals surface area contributed by atoms with E-state index in [1.807, 2.05) is 0 Å². The van der Waals surface area contributed by atoms with E-state index in [0.717, 1.165) is 18.2 Å². The van der Waals surface area contributed by atoms with Gasteiger partial charge in [-0.3, -0.25) is 14.9 Å². The van der Waals surface area contributed by atoms with E-state index >= 15 is 0 Å². The van der Waals surface area contributed by atoms with Crippen molar-refractivity contribution in [1.29, 1.82) is 0 Å². The molecule has 1 N–H and O–H groups in total. The zero-order chi connectivity index (χ0) is 18.8. The van der Waals surface area contributed by atoms with Crippen LogP contribution in [0.25, 0.3) is 0 Å². The number of nitrogens with zero attached hydrogens (tertiary/aromatic N) is 1. The number of hydrogen-bond donors (Lipinski definition) is 1. The Balaban J connectivity index is 2.21. The van der Waals surface area contributed by atoms with Crippen molar-refractivity contribution in [2.75, 3.05) is 0 Å². The first-order chi connectivity index (χ1) is 11.6. The molecule has 2 rings (SSSR count). The van der Waals surface area contributed by atoms with Crippen molar-refractivity contribution in [2.45, 2.75) is 19.1 Å². The zero-order valence-corrected chi connectivity index (χ0v) is 13.6. The predicted octanol–water partition coefficient (Wildman–Crippen LogP) is 4.76. The Bertz CT molecular complexity index is 825. The molecule has 1 amide bonds. The number of carbonyl (C=O) groups is 1. The van der Waals surface area contributed by atoms with E-state index in [9.17, 15) is 28.1 Å². The third kappa shape index (κ3) is 4.48. The minimum absolute atomic E-state index is 0.0186. The Morgan fingerprint density at radius 3 is 2.52 bits per heavy atom. The van der Waals surface area contributed by atoms with Crippen molar-refractivity contribution in [3.63, 3.8) is 0 Å². The van der Waals surface area contributed by atoms with Gasteiger partial charge < -0.3 is 5.32 Å². The standard InChI is InChI=1S/C16H12ClF3N2O3/c1-9(10-3-2-4-12(7-10)16(18,19)20)21-15(23)11-5-6-13(17)14(8-11)22(24)25/h2-9H,1H3,(H,21,23). The number of alkyl halides is 3. The van der Waals surface area contributed by atoms with Crippen molar-refractivity contribution in [2.24, 2.45) is 0 Å². The normalized spacial score (nSPS) is 12.5. The summed E-state index contributed by atoms with van der Waals surface area (Å²) in [5, 5.41) is 13.2. The van der Waals surface area contributed by atoms with Gasteiger partial charge >= 0.3 is 6.18 Å². The van der Waals surface area contributed by atoms with E-state index in [1.165, 1.54) is 31.2 Å². The molecule has 0 saturated heterocycles. The average molecular weight is 373 g/mol. The second kappa shape index (κ2) is 7.10. The van der Waals surface area contributed by atoms with E-state index in [-0.39, 0.29) is 16.1 Å². The quantitative estimate of drug-likeness (QED) is 0.621. The molecule has 132 valence electrons. The van der Waals surface area contributed by atoms with Crippen LogP contribution in [0.4, 0.5) is 18.9 Å². The van der Waals surface area contributed by atoms with Gasteiger partial charge in [0, 0.05) is 11.6 Å². The molecule has 0 aliphatic heterocycles. The molecule has 2 aromatic rings. The van der Waals surface area contributed by atoms with Crippen LogP contribution in [0.5, 0.6) is 0 Å². The van der Waals surface area contributed by atoms with Crippen molar-refractivity contribution in [1.82, 2.24) is 5.32 Å². The van der Waals surface area contributed by atoms with Gasteiger partial charge in [0.15, 0.2) is 0 Å². The lowest BCUT2D eigenvalue weighted by Gasteiger charge is -2.16. The number of nitro groups is 1.